The Kier molecular flexibility index (Phi) is 8.84. The number of carbonyl (C=O) groups excluding carboxylic acids is 3. The minimum atomic E-state index is -0.752. The van der Waals surface area contributed by atoms with Crippen molar-refractivity contribution in [3.8, 4) is 0 Å². The van der Waals surface area contributed by atoms with E-state index in [0.717, 1.165) is 16.1 Å². The van der Waals surface area contributed by atoms with Gasteiger partial charge in [-0.1, -0.05) is 42.5 Å². The summed E-state index contributed by atoms with van der Waals surface area (Å²) in [6.45, 7) is 6.21. The molecule has 2 atom stereocenters. The topological polar surface area (TPSA) is 108 Å². The molecule has 0 saturated carbocycles. The van der Waals surface area contributed by atoms with Gasteiger partial charge in [-0.15, -0.1) is 0 Å². The van der Waals surface area contributed by atoms with Crippen molar-refractivity contribution < 1.29 is 29.0 Å². The minimum absolute atomic E-state index is 0.394. The largest absolute Gasteiger partial charge is 0.468 e. The number of carbonyl (C=O) groups is 3. The molecule has 9 heteroatoms. The number of nitrogens with zero attached hydrogens (tertiary/aromatic N) is 2. The standard InChI is InChI=1S/C27H33N3O6/c1-27(2,3)36-26(34)28-30(21-8-6-5-7-9-21)23(32)15-12-19-10-13-20(14-11-19)24(25(33)35-4)29-17-16-22(31)18-29/h5-15,22,24,31H,16-18H2,1-4H3,(H,28,34). The predicted molar refractivity (Wildman–Crippen MR) is 136 cm³/mol. The van der Waals surface area contributed by atoms with Crippen molar-refractivity contribution in [3.05, 3.63) is 71.8 Å². The summed E-state index contributed by atoms with van der Waals surface area (Å²) in [6.07, 6.45) is 2.34. The van der Waals surface area contributed by atoms with E-state index in [1.165, 1.54) is 13.2 Å². The molecule has 2 N–H and O–H groups in total. The van der Waals surface area contributed by atoms with Gasteiger partial charge >= 0.3 is 12.1 Å². The number of anilines is 1. The lowest BCUT2D eigenvalue weighted by atomic mass is 10.0. The number of hydrogen-bond donors (Lipinski definition) is 2. The zero-order valence-electron chi connectivity index (χ0n) is 21.0. The van der Waals surface area contributed by atoms with E-state index in [1.54, 1.807) is 75.4 Å². The number of esters is 1. The third-order valence-electron chi connectivity index (χ3n) is 5.49. The number of aliphatic hydroxyl groups is 1. The fraction of sp³-hybridized carbons (Fsp3) is 0.370. The molecular weight excluding hydrogens is 462 g/mol. The molecule has 0 aliphatic carbocycles. The molecule has 0 spiro atoms. The van der Waals surface area contributed by atoms with E-state index in [9.17, 15) is 19.5 Å². The number of β-amino-alcohol motifs (C(OH)–C–C–N with tert-alkyl or cyclic N) is 1. The summed E-state index contributed by atoms with van der Waals surface area (Å²) < 4.78 is 10.3. The average Bonchev–Trinajstić information content (AvgIpc) is 3.26. The molecule has 1 saturated heterocycles. The van der Waals surface area contributed by atoms with Crippen LogP contribution in [-0.2, 0) is 19.1 Å². The molecular formula is C27H33N3O6. The first-order chi connectivity index (χ1) is 17.1. The molecule has 2 aromatic carbocycles. The van der Waals surface area contributed by atoms with Crippen LogP contribution in [0.25, 0.3) is 6.08 Å². The summed E-state index contributed by atoms with van der Waals surface area (Å²) in [5.41, 5.74) is 3.71. The summed E-state index contributed by atoms with van der Waals surface area (Å²) in [4.78, 5) is 39.7. The highest BCUT2D eigenvalue weighted by Crippen LogP contribution is 2.27. The third-order valence-corrected chi connectivity index (χ3v) is 5.49. The van der Waals surface area contributed by atoms with Crippen LogP contribution in [0.4, 0.5) is 10.5 Å². The average molecular weight is 496 g/mol. The lowest BCUT2D eigenvalue weighted by Gasteiger charge is -2.25. The van der Waals surface area contributed by atoms with Gasteiger partial charge in [0.25, 0.3) is 5.91 Å². The number of para-hydroxylation sites is 1. The smallest absolute Gasteiger partial charge is 0.427 e. The molecule has 0 bridgehead atoms. The molecule has 0 radical (unpaired) electrons. The first kappa shape index (κ1) is 26.9. The Morgan fingerprint density at radius 1 is 1.11 bits per heavy atom. The maximum absolute atomic E-state index is 13.0. The Morgan fingerprint density at radius 2 is 1.78 bits per heavy atom. The summed E-state index contributed by atoms with van der Waals surface area (Å²) >= 11 is 0. The molecule has 36 heavy (non-hydrogen) atoms. The maximum atomic E-state index is 13.0. The van der Waals surface area contributed by atoms with Gasteiger partial charge in [0, 0.05) is 19.2 Å². The third kappa shape index (κ3) is 7.40. The number of hydrogen-bond acceptors (Lipinski definition) is 7. The molecule has 192 valence electrons. The van der Waals surface area contributed by atoms with Crippen LogP contribution in [0, 0.1) is 0 Å². The van der Waals surface area contributed by atoms with Crippen LogP contribution in [-0.4, -0.2) is 59.9 Å². The number of amides is 2. The number of benzene rings is 2. The number of methoxy groups -OCH3 is 1. The predicted octanol–water partition coefficient (Wildman–Crippen LogP) is 3.45. The highest BCUT2D eigenvalue weighted by molar-refractivity contribution is 6.04. The second-order valence-electron chi connectivity index (χ2n) is 9.49. The zero-order chi connectivity index (χ0) is 26.3. The van der Waals surface area contributed by atoms with Crippen molar-refractivity contribution in [3.63, 3.8) is 0 Å². The second-order valence-corrected chi connectivity index (χ2v) is 9.49. The van der Waals surface area contributed by atoms with Crippen LogP contribution in [0.3, 0.4) is 0 Å². The van der Waals surface area contributed by atoms with E-state index in [-0.39, 0.29) is 0 Å². The Balaban J connectivity index is 1.75. The molecule has 1 aliphatic rings. The first-order valence-corrected chi connectivity index (χ1v) is 11.7. The molecule has 1 fully saturated rings. The van der Waals surface area contributed by atoms with Gasteiger partial charge in [0.2, 0.25) is 0 Å². The number of likely N-dealkylation sites (tertiary alicyclic amines) is 1. The van der Waals surface area contributed by atoms with Crippen molar-refractivity contribution in [1.29, 1.82) is 0 Å². The second kappa shape index (κ2) is 11.8. The van der Waals surface area contributed by atoms with Gasteiger partial charge in [-0.05, 0) is 56.5 Å². The van der Waals surface area contributed by atoms with E-state index < -0.39 is 35.7 Å². The Labute approximate surface area is 211 Å². The highest BCUT2D eigenvalue weighted by atomic mass is 16.6. The Hall–Kier alpha value is -3.69. The summed E-state index contributed by atoms with van der Waals surface area (Å²) in [5, 5.41) is 11.0. The molecule has 3 rings (SSSR count). The van der Waals surface area contributed by atoms with Crippen molar-refractivity contribution in [1.82, 2.24) is 10.3 Å². The first-order valence-electron chi connectivity index (χ1n) is 11.7. The highest BCUT2D eigenvalue weighted by Gasteiger charge is 2.33. The lowest BCUT2D eigenvalue weighted by molar-refractivity contribution is -0.147. The van der Waals surface area contributed by atoms with Crippen LogP contribution in [0.5, 0.6) is 0 Å². The molecule has 0 aromatic heterocycles. The maximum Gasteiger partial charge on any atom is 0.427 e. The van der Waals surface area contributed by atoms with Gasteiger partial charge in [-0.3, -0.25) is 9.69 Å². The normalized spacial score (nSPS) is 17.0. The van der Waals surface area contributed by atoms with Crippen molar-refractivity contribution in [2.75, 3.05) is 25.2 Å². The van der Waals surface area contributed by atoms with E-state index in [2.05, 4.69) is 5.43 Å². The van der Waals surface area contributed by atoms with Crippen molar-refractivity contribution in [2.45, 2.75) is 44.9 Å². The van der Waals surface area contributed by atoms with Gasteiger partial charge in [0.05, 0.1) is 18.9 Å². The van der Waals surface area contributed by atoms with E-state index in [4.69, 9.17) is 9.47 Å². The number of aliphatic hydroxyl groups excluding tert-OH is 1. The summed E-state index contributed by atoms with van der Waals surface area (Å²) in [6, 6.07) is 15.3. The van der Waals surface area contributed by atoms with E-state index in [1.807, 2.05) is 11.0 Å². The lowest BCUT2D eigenvalue weighted by Crippen LogP contribution is -2.47. The number of rotatable bonds is 6. The zero-order valence-corrected chi connectivity index (χ0v) is 21.0. The molecule has 2 unspecified atom stereocenters. The van der Waals surface area contributed by atoms with Gasteiger partial charge in [-0.2, -0.15) is 0 Å². The minimum Gasteiger partial charge on any atom is -0.468 e. The fourth-order valence-corrected chi connectivity index (χ4v) is 3.86. The van der Waals surface area contributed by atoms with Crippen molar-refractivity contribution >= 4 is 29.7 Å². The number of nitrogens with one attached hydrogen (secondary N) is 1. The van der Waals surface area contributed by atoms with Gasteiger partial charge < -0.3 is 14.6 Å². The van der Waals surface area contributed by atoms with E-state index >= 15 is 0 Å². The number of hydrazine groups is 1. The van der Waals surface area contributed by atoms with Crippen LogP contribution >= 0.6 is 0 Å². The van der Waals surface area contributed by atoms with Gasteiger partial charge in [0.1, 0.15) is 11.6 Å². The fourth-order valence-electron chi connectivity index (χ4n) is 3.86. The summed E-state index contributed by atoms with van der Waals surface area (Å²) in [5.74, 6) is -0.871. The van der Waals surface area contributed by atoms with Crippen LogP contribution < -0.4 is 10.4 Å². The molecule has 1 aliphatic heterocycles. The molecule has 2 aromatic rings. The molecule has 2 amide bonds. The molecule has 1 heterocycles. The Bertz CT molecular complexity index is 1080. The summed E-state index contributed by atoms with van der Waals surface area (Å²) in [7, 11) is 1.34. The van der Waals surface area contributed by atoms with Crippen LogP contribution in [0.2, 0.25) is 0 Å². The van der Waals surface area contributed by atoms with Crippen LogP contribution in [0.15, 0.2) is 60.7 Å². The van der Waals surface area contributed by atoms with Gasteiger partial charge in [0.15, 0.2) is 0 Å². The van der Waals surface area contributed by atoms with Crippen LogP contribution in [0.1, 0.15) is 44.4 Å². The monoisotopic (exact) mass is 495 g/mol. The quantitative estimate of drug-likeness (QED) is 0.359. The molecule has 9 nitrogen and oxygen atoms in total. The SMILES string of the molecule is COC(=O)C(c1ccc(C=CC(=O)N(NC(=O)OC(C)(C)C)c2ccccc2)cc1)N1CCC(O)C1. The van der Waals surface area contributed by atoms with E-state index in [0.29, 0.717) is 25.2 Å². The number of ether oxygens (including phenoxy) is 2. The Morgan fingerprint density at radius 3 is 2.33 bits per heavy atom. The van der Waals surface area contributed by atoms with Crippen molar-refractivity contribution in [2.24, 2.45) is 0 Å². The van der Waals surface area contributed by atoms with Gasteiger partial charge in [-0.25, -0.2) is 20.0 Å².